The SMILES string of the molecule is CCCn1ncnc1COCC1CCCC1CN. The predicted octanol–water partition coefficient (Wildman–Crippen LogP) is 1.58. The van der Waals surface area contributed by atoms with Gasteiger partial charge < -0.3 is 10.5 Å². The van der Waals surface area contributed by atoms with E-state index in [0.29, 0.717) is 18.4 Å². The molecule has 1 aliphatic carbocycles. The van der Waals surface area contributed by atoms with Gasteiger partial charge in [0.05, 0.1) is 6.61 Å². The lowest BCUT2D eigenvalue weighted by Crippen LogP contribution is -2.22. The zero-order valence-electron chi connectivity index (χ0n) is 11.2. The van der Waals surface area contributed by atoms with Gasteiger partial charge in [-0.05, 0) is 37.6 Å². The van der Waals surface area contributed by atoms with Gasteiger partial charge in [0.15, 0.2) is 5.82 Å². The second kappa shape index (κ2) is 6.85. The molecular weight excluding hydrogens is 228 g/mol. The standard InChI is InChI=1S/C13H24N4O/c1-2-6-17-13(15-10-16-17)9-18-8-12-5-3-4-11(12)7-14/h10-12H,2-9,14H2,1H3. The number of hydrogen-bond donors (Lipinski definition) is 1. The lowest BCUT2D eigenvalue weighted by atomic mass is 9.97. The van der Waals surface area contributed by atoms with E-state index >= 15 is 0 Å². The number of hydrogen-bond acceptors (Lipinski definition) is 4. The Hall–Kier alpha value is -0.940. The summed E-state index contributed by atoms with van der Waals surface area (Å²) in [6, 6.07) is 0. The molecule has 5 nitrogen and oxygen atoms in total. The van der Waals surface area contributed by atoms with Gasteiger partial charge in [-0.15, -0.1) is 0 Å². The van der Waals surface area contributed by atoms with Crippen LogP contribution in [0.15, 0.2) is 6.33 Å². The fourth-order valence-electron chi connectivity index (χ4n) is 2.74. The fraction of sp³-hybridized carbons (Fsp3) is 0.846. The van der Waals surface area contributed by atoms with Crippen molar-refractivity contribution in [2.45, 2.75) is 45.8 Å². The Labute approximate surface area is 109 Å². The number of aromatic nitrogens is 3. The van der Waals surface area contributed by atoms with E-state index in [1.165, 1.54) is 19.3 Å². The molecule has 102 valence electrons. The van der Waals surface area contributed by atoms with Crippen LogP contribution in [0.4, 0.5) is 0 Å². The number of rotatable bonds is 7. The molecule has 5 heteroatoms. The summed E-state index contributed by atoms with van der Waals surface area (Å²) in [4.78, 5) is 4.24. The van der Waals surface area contributed by atoms with E-state index in [4.69, 9.17) is 10.5 Å². The molecule has 0 spiro atoms. The lowest BCUT2D eigenvalue weighted by molar-refractivity contribution is 0.0690. The van der Waals surface area contributed by atoms with E-state index in [0.717, 1.165) is 31.9 Å². The maximum Gasteiger partial charge on any atom is 0.152 e. The summed E-state index contributed by atoms with van der Waals surface area (Å²) < 4.78 is 7.73. The van der Waals surface area contributed by atoms with Crippen LogP contribution in [0.25, 0.3) is 0 Å². The highest BCUT2D eigenvalue weighted by Crippen LogP contribution is 2.31. The molecule has 0 amide bonds. The zero-order valence-corrected chi connectivity index (χ0v) is 11.2. The molecule has 1 aliphatic rings. The Morgan fingerprint density at radius 3 is 3.06 bits per heavy atom. The van der Waals surface area contributed by atoms with Crippen molar-refractivity contribution in [1.82, 2.24) is 14.8 Å². The van der Waals surface area contributed by atoms with Crippen LogP contribution in [0.3, 0.4) is 0 Å². The zero-order chi connectivity index (χ0) is 12.8. The van der Waals surface area contributed by atoms with Gasteiger partial charge in [-0.2, -0.15) is 5.10 Å². The van der Waals surface area contributed by atoms with E-state index in [1.807, 2.05) is 4.68 Å². The third kappa shape index (κ3) is 3.29. The van der Waals surface area contributed by atoms with Gasteiger partial charge in [-0.25, -0.2) is 9.67 Å². The monoisotopic (exact) mass is 252 g/mol. The molecule has 2 unspecified atom stereocenters. The molecule has 0 bridgehead atoms. The first-order chi connectivity index (χ1) is 8.85. The van der Waals surface area contributed by atoms with Crippen LogP contribution in [0, 0.1) is 11.8 Å². The smallest absolute Gasteiger partial charge is 0.152 e. The minimum atomic E-state index is 0.563. The van der Waals surface area contributed by atoms with Gasteiger partial charge in [0, 0.05) is 6.54 Å². The van der Waals surface area contributed by atoms with E-state index < -0.39 is 0 Å². The Kier molecular flexibility index (Phi) is 5.13. The summed E-state index contributed by atoms with van der Waals surface area (Å²) in [6.07, 6.45) is 6.48. The first-order valence-electron chi connectivity index (χ1n) is 6.99. The Bertz CT molecular complexity index is 353. The molecule has 2 atom stereocenters. The predicted molar refractivity (Wildman–Crippen MR) is 69.9 cm³/mol. The molecule has 0 saturated heterocycles. The molecule has 1 saturated carbocycles. The molecule has 1 aromatic rings. The van der Waals surface area contributed by atoms with Crippen LogP contribution in [-0.2, 0) is 17.9 Å². The summed E-state index contributed by atoms with van der Waals surface area (Å²) in [5.41, 5.74) is 5.77. The molecule has 1 heterocycles. The average Bonchev–Trinajstić information content (AvgIpc) is 2.99. The minimum absolute atomic E-state index is 0.563. The van der Waals surface area contributed by atoms with Gasteiger partial charge in [0.1, 0.15) is 12.9 Å². The number of aryl methyl sites for hydroxylation is 1. The third-order valence-electron chi connectivity index (χ3n) is 3.81. The molecule has 2 N–H and O–H groups in total. The first-order valence-corrected chi connectivity index (χ1v) is 6.99. The minimum Gasteiger partial charge on any atom is -0.373 e. The maximum absolute atomic E-state index is 5.80. The van der Waals surface area contributed by atoms with Crippen LogP contribution >= 0.6 is 0 Å². The van der Waals surface area contributed by atoms with E-state index in [9.17, 15) is 0 Å². The lowest BCUT2D eigenvalue weighted by Gasteiger charge is -2.17. The fourth-order valence-corrected chi connectivity index (χ4v) is 2.74. The van der Waals surface area contributed by atoms with Crippen LogP contribution in [-0.4, -0.2) is 27.9 Å². The topological polar surface area (TPSA) is 66.0 Å². The summed E-state index contributed by atoms with van der Waals surface area (Å²) in [7, 11) is 0. The largest absolute Gasteiger partial charge is 0.373 e. The van der Waals surface area contributed by atoms with Gasteiger partial charge in [0.2, 0.25) is 0 Å². The molecule has 0 aromatic carbocycles. The first kappa shape index (κ1) is 13.5. The van der Waals surface area contributed by atoms with E-state index in [-0.39, 0.29) is 0 Å². The number of ether oxygens (including phenoxy) is 1. The molecule has 1 fully saturated rings. The number of nitrogens with two attached hydrogens (primary N) is 1. The van der Waals surface area contributed by atoms with E-state index in [1.54, 1.807) is 6.33 Å². The average molecular weight is 252 g/mol. The second-order valence-corrected chi connectivity index (χ2v) is 5.10. The third-order valence-corrected chi connectivity index (χ3v) is 3.81. The van der Waals surface area contributed by atoms with Crippen LogP contribution < -0.4 is 5.73 Å². The molecule has 0 aliphatic heterocycles. The van der Waals surface area contributed by atoms with Gasteiger partial charge in [-0.3, -0.25) is 0 Å². The summed E-state index contributed by atoms with van der Waals surface area (Å²) in [5.74, 6) is 2.22. The van der Waals surface area contributed by atoms with Crippen molar-refractivity contribution in [2.24, 2.45) is 17.6 Å². The van der Waals surface area contributed by atoms with Crippen molar-refractivity contribution < 1.29 is 4.74 Å². The van der Waals surface area contributed by atoms with Crippen molar-refractivity contribution in [1.29, 1.82) is 0 Å². The Morgan fingerprint density at radius 1 is 1.44 bits per heavy atom. The van der Waals surface area contributed by atoms with Crippen molar-refractivity contribution in [3.05, 3.63) is 12.2 Å². The maximum atomic E-state index is 5.80. The normalized spacial score (nSPS) is 23.7. The molecule has 2 rings (SSSR count). The highest BCUT2D eigenvalue weighted by atomic mass is 16.5. The van der Waals surface area contributed by atoms with Gasteiger partial charge >= 0.3 is 0 Å². The summed E-state index contributed by atoms with van der Waals surface area (Å²) >= 11 is 0. The molecule has 18 heavy (non-hydrogen) atoms. The van der Waals surface area contributed by atoms with Gasteiger partial charge in [0.25, 0.3) is 0 Å². The van der Waals surface area contributed by atoms with Crippen molar-refractivity contribution >= 4 is 0 Å². The van der Waals surface area contributed by atoms with Crippen LogP contribution in [0.1, 0.15) is 38.4 Å². The summed E-state index contributed by atoms with van der Waals surface area (Å²) in [5, 5.41) is 4.19. The van der Waals surface area contributed by atoms with Crippen molar-refractivity contribution in [2.75, 3.05) is 13.2 Å². The number of nitrogens with zero attached hydrogens (tertiary/aromatic N) is 3. The van der Waals surface area contributed by atoms with Gasteiger partial charge in [-0.1, -0.05) is 13.3 Å². The van der Waals surface area contributed by atoms with Crippen LogP contribution in [0.5, 0.6) is 0 Å². The quantitative estimate of drug-likeness (QED) is 0.800. The molecule has 1 aromatic heterocycles. The van der Waals surface area contributed by atoms with Crippen molar-refractivity contribution in [3.8, 4) is 0 Å². The van der Waals surface area contributed by atoms with Crippen LogP contribution in [0.2, 0.25) is 0 Å². The summed E-state index contributed by atoms with van der Waals surface area (Å²) in [6.45, 7) is 5.21. The second-order valence-electron chi connectivity index (χ2n) is 5.10. The van der Waals surface area contributed by atoms with Crippen molar-refractivity contribution in [3.63, 3.8) is 0 Å². The van der Waals surface area contributed by atoms with E-state index in [2.05, 4.69) is 17.0 Å². The Balaban J connectivity index is 1.76. The molecule has 0 radical (unpaired) electrons. The highest BCUT2D eigenvalue weighted by Gasteiger charge is 2.26. The highest BCUT2D eigenvalue weighted by molar-refractivity contribution is 4.82. The molecular formula is C13H24N4O. The Morgan fingerprint density at radius 2 is 2.28 bits per heavy atom.